The number of carbonyl (C=O) groups excluding carboxylic acids is 1. The number of hydrogen-bond acceptors (Lipinski definition) is 3. The summed E-state index contributed by atoms with van der Waals surface area (Å²) < 4.78 is 1.98. The number of hydrogen-bond donors (Lipinski definition) is 2. The number of rotatable bonds is 7. The van der Waals surface area contributed by atoms with Gasteiger partial charge in [0.15, 0.2) is 0 Å². The fourth-order valence-electron chi connectivity index (χ4n) is 3.34. The van der Waals surface area contributed by atoms with Gasteiger partial charge in [0, 0.05) is 29.7 Å². The summed E-state index contributed by atoms with van der Waals surface area (Å²) in [5, 5.41) is 12.5. The fraction of sp³-hybridized carbons (Fsp3) is 0.125. The number of carboxylic acids is 1. The van der Waals surface area contributed by atoms with Gasteiger partial charge in [-0.2, -0.15) is 0 Å². The molecule has 2 N–H and O–H groups in total. The number of aromatic nitrogens is 2. The molecule has 0 unspecified atom stereocenters. The molecule has 0 aliphatic heterocycles. The summed E-state index contributed by atoms with van der Waals surface area (Å²) in [7, 11) is 0. The van der Waals surface area contributed by atoms with Crippen LogP contribution < -0.4 is 5.32 Å². The van der Waals surface area contributed by atoms with Crippen molar-refractivity contribution >= 4 is 29.0 Å². The predicted molar refractivity (Wildman–Crippen MR) is 119 cm³/mol. The zero-order chi connectivity index (χ0) is 21.8. The minimum Gasteiger partial charge on any atom is -0.478 e. The molecular weight excluding hydrogens is 414 g/mol. The van der Waals surface area contributed by atoms with Gasteiger partial charge >= 0.3 is 5.97 Å². The summed E-state index contributed by atoms with van der Waals surface area (Å²) in [5.74, 6) is -0.249. The minimum absolute atomic E-state index is 0.200. The van der Waals surface area contributed by atoms with E-state index in [-0.39, 0.29) is 11.5 Å². The van der Waals surface area contributed by atoms with Crippen LogP contribution >= 0.6 is 11.6 Å². The minimum atomic E-state index is -0.975. The number of nitrogens with one attached hydrogen (secondary N) is 1. The van der Waals surface area contributed by atoms with Crippen molar-refractivity contribution in [1.29, 1.82) is 0 Å². The molecule has 2 heterocycles. The number of imidazole rings is 1. The van der Waals surface area contributed by atoms with E-state index in [4.69, 9.17) is 16.7 Å². The number of pyridine rings is 1. The Labute approximate surface area is 184 Å². The molecule has 2 aromatic heterocycles. The maximum absolute atomic E-state index is 12.5. The Morgan fingerprint density at radius 3 is 2.35 bits per heavy atom. The number of benzene rings is 2. The van der Waals surface area contributed by atoms with Crippen LogP contribution in [-0.4, -0.2) is 26.4 Å². The molecule has 6 nitrogen and oxygen atoms in total. The highest BCUT2D eigenvalue weighted by Gasteiger charge is 2.10. The van der Waals surface area contributed by atoms with Crippen molar-refractivity contribution < 1.29 is 14.7 Å². The molecule has 0 saturated heterocycles. The van der Waals surface area contributed by atoms with Gasteiger partial charge in [-0.25, -0.2) is 9.78 Å². The van der Waals surface area contributed by atoms with E-state index in [1.165, 1.54) is 17.7 Å². The molecule has 0 aliphatic carbocycles. The van der Waals surface area contributed by atoms with E-state index in [0.717, 1.165) is 34.8 Å². The van der Waals surface area contributed by atoms with Crippen molar-refractivity contribution in [3.8, 4) is 0 Å². The van der Waals surface area contributed by atoms with Crippen molar-refractivity contribution in [2.75, 3.05) is 0 Å². The number of aromatic carboxylic acids is 1. The van der Waals surface area contributed by atoms with Crippen LogP contribution in [0.4, 0.5) is 0 Å². The molecule has 0 radical (unpaired) electrons. The summed E-state index contributed by atoms with van der Waals surface area (Å²) in [5.41, 5.74) is 3.62. The predicted octanol–water partition coefficient (Wildman–Crippen LogP) is 4.40. The largest absolute Gasteiger partial charge is 0.478 e. The number of carbonyl (C=O) groups is 2. The Hall–Kier alpha value is -3.64. The van der Waals surface area contributed by atoms with Gasteiger partial charge in [0.25, 0.3) is 5.91 Å². The zero-order valence-corrected chi connectivity index (χ0v) is 17.3. The van der Waals surface area contributed by atoms with Crippen molar-refractivity contribution in [2.45, 2.75) is 19.4 Å². The molecular formula is C24H20ClN3O3. The van der Waals surface area contributed by atoms with E-state index in [1.54, 1.807) is 24.4 Å². The lowest BCUT2D eigenvalue weighted by molar-refractivity contribution is 0.0696. The number of fused-ring (bicyclic) bond motifs is 1. The van der Waals surface area contributed by atoms with Gasteiger partial charge < -0.3 is 14.8 Å². The van der Waals surface area contributed by atoms with E-state index in [1.807, 2.05) is 40.9 Å². The van der Waals surface area contributed by atoms with Gasteiger partial charge in [-0.05, 0) is 53.9 Å². The van der Waals surface area contributed by atoms with Gasteiger partial charge in [0.05, 0.1) is 17.3 Å². The normalized spacial score (nSPS) is 10.9. The lowest BCUT2D eigenvalue weighted by atomic mass is 10.1. The quantitative estimate of drug-likeness (QED) is 0.452. The number of amides is 1. The average Bonchev–Trinajstić information content (AvgIpc) is 3.19. The molecule has 0 atom stereocenters. The third-order valence-corrected chi connectivity index (χ3v) is 5.33. The van der Waals surface area contributed by atoms with Gasteiger partial charge in [-0.3, -0.25) is 4.79 Å². The van der Waals surface area contributed by atoms with Gasteiger partial charge in [0.1, 0.15) is 5.82 Å². The van der Waals surface area contributed by atoms with Crippen LogP contribution in [0.5, 0.6) is 0 Å². The van der Waals surface area contributed by atoms with Gasteiger partial charge in [-0.15, -0.1) is 0 Å². The smallest absolute Gasteiger partial charge is 0.335 e. The van der Waals surface area contributed by atoms with Crippen molar-refractivity contribution in [1.82, 2.24) is 14.7 Å². The van der Waals surface area contributed by atoms with Crippen molar-refractivity contribution in [2.24, 2.45) is 0 Å². The molecule has 7 heteroatoms. The summed E-state index contributed by atoms with van der Waals surface area (Å²) in [6, 6.07) is 17.8. The summed E-state index contributed by atoms with van der Waals surface area (Å²) >= 11 is 5.93. The average molecular weight is 434 g/mol. The number of nitrogens with zero attached hydrogens (tertiary/aromatic N) is 2. The number of carboxylic acid groups (broad SMARTS) is 1. The molecule has 4 aromatic rings. The first-order chi connectivity index (χ1) is 15.0. The molecule has 1 amide bonds. The van der Waals surface area contributed by atoms with Crippen LogP contribution in [0, 0.1) is 0 Å². The highest BCUT2D eigenvalue weighted by molar-refractivity contribution is 6.30. The highest BCUT2D eigenvalue weighted by atomic mass is 35.5. The molecule has 0 bridgehead atoms. The van der Waals surface area contributed by atoms with Crippen molar-refractivity contribution in [3.05, 3.63) is 106 Å². The summed E-state index contributed by atoms with van der Waals surface area (Å²) in [6.07, 6.45) is 5.24. The van der Waals surface area contributed by atoms with Gasteiger partial charge in [0.2, 0.25) is 0 Å². The lowest BCUT2D eigenvalue weighted by Crippen LogP contribution is -2.22. The highest BCUT2D eigenvalue weighted by Crippen LogP contribution is 2.15. The first-order valence-electron chi connectivity index (χ1n) is 9.80. The molecule has 0 spiro atoms. The van der Waals surface area contributed by atoms with E-state index in [0.29, 0.717) is 12.1 Å². The van der Waals surface area contributed by atoms with Crippen LogP contribution in [0.3, 0.4) is 0 Å². The fourth-order valence-corrected chi connectivity index (χ4v) is 3.46. The molecule has 0 fully saturated rings. The molecule has 0 saturated carbocycles. The van der Waals surface area contributed by atoms with Crippen LogP contribution in [0.1, 0.15) is 37.7 Å². The number of halogens is 1. The third kappa shape index (κ3) is 4.92. The van der Waals surface area contributed by atoms with Gasteiger partial charge in [-0.1, -0.05) is 35.9 Å². The summed E-state index contributed by atoms with van der Waals surface area (Å²) in [6.45, 7) is 0.315. The van der Waals surface area contributed by atoms with E-state index in [9.17, 15) is 9.59 Å². The standard InChI is InChI=1S/C24H20ClN3O3/c25-20-8-3-16(4-9-20)5-10-22-26-15-21-13-19(11-12-28(21)22)23(29)27-14-17-1-6-18(7-2-17)24(30)31/h1-4,6-9,11-13,15H,5,10,14H2,(H,27,29)(H,30,31). The number of aryl methyl sites for hydroxylation is 2. The van der Waals surface area contributed by atoms with Crippen LogP contribution in [0.25, 0.3) is 5.52 Å². The first-order valence-corrected chi connectivity index (χ1v) is 10.2. The zero-order valence-electron chi connectivity index (χ0n) is 16.6. The molecule has 0 aliphatic rings. The molecule has 2 aromatic carbocycles. The lowest BCUT2D eigenvalue weighted by Gasteiger charge is -2.07. The topological polar surface area (TPSA) is 83.7 Å². The van der Waals surface area contributed by atoms with Crippen LogP contribution in [-0.2, 0) is 19.4 Å². The Kier molecular flexibility index (Phi) is 6.00. The van der Waals surface area contributed by atoms with E-state index in [2.05, 4.69) is 10.3 Å². The maximum Gasteiger partial charge on any atom is 0.335 e. The monoisotopic (exact) mass is 433 g/mol. The maximum atomic E-state index is 12.5. The molecule has 31 heavy (non-hydrogen) atoms. The third-order valence-electron chi connectivity index (χ3n) is 5.08. The van der Waals surface area contributed by atoms with Crippen LogP contribution in [0.15, 0.2) is 73.1 Å². The Morgan fingerprint density at radius 2 is 1.65 bits per heavy atom. The van der Waals surface area contributed by atoms with E-state index >= 15 is 0 Å². The second-order valence-electron chi connectivity index (χ2n) is 7.20. The Morgan fingerprint density at radius 1 is 0.935 bits per heavy atom. The Balaban J connectivity index is 1.40. The second kappa shape index (κ2) is 9.02. The SMILES string of the molecule is O=C(O)c1ccc(CNC(=O)c2ccn3c(CCc4ccc(Cl)cc4)ncc3c2)cc1. The molecule has 4 rings (SSSR count). The first kappa shape index (κ1) is 20.6. The second-order valence-corrected chi connectivity index (χ2v) is 7.63. The van der Waals surface area contributed by atoms with E-state index < -0.39 is 5.97 Å². The Bertz CT molecular complexity index is 1230. The summed E-state index contributed by atoms with van der Waals surface area (Å²) in [4.78, 5) is 28.0. The van der Waals surface area contributed by atoms with Crippen molar-refractivity contribution in [3.63, 3.8) is 0 Å². The molecule has 156 valence electrons. The van der Waals surface area contributed by atoms with Crippen LogP contribution in [0.2, 0.25) is 5.02 Å².